The number of thiocarbonyl (C=S) groups is 1. The average Bonchev–Trinajstić information content (AvgIpc) is 3.09. The van der Waals surface area contributed by atoms with Crippen molar-refractivity contribution in [1.82, 2.24) is 10.2 Å². The molecule has 0 unspecified atom stereocenters. The van der Waals surface area contributed by atoms with Crippen molar-refractivity contribution in [1.29, 1.82) is 0 Å². The third-order valence-corrected chi connectivity index (χ3v) is 4.71. The van der Waals surface area contributed by atoms with Crippen LogP contribution in [0, 0.1) is 6.92 Å². The van der Waals surface area contributed by atoms with Crippen LogP contribution in [0.1, 0.15) is 29.5 Å². The molecule has 3 nitrogen and oxygen atoms in total. The maximum Gasteiger partial charge on any atom is 0.171 e. The molecule has 0 aromatic heterocycles. The Kier molecular flexibility index (Phi) is 5.83. The van der Waals surface area contributed by atoms with Crippen LogP contribution in [0.3, 0.4) is 0 Å². The lowest BCUT2D eigenvalue weighted by Crippen LogP contribution is -2.28. The van der Waals surface area contributed by atoms with Gasteiger partial charge in [0.25, 0.3) is 0 Å². The fraction of sp³-hybridized carbons (Fsp3) is 0.350. The molecule has 4 heteroatoms. The zero-order chi connectivity index (χ0) is 16.8. The summed E-state index contributed by atoms with van der Waals surface area (Å²) in [5.74, 6) is 0. The smallest absolute Gasteiger partial charge is 0.171 e. The summed E-state index contributed by atoms with van der Waals surface area (Å²) < 4.78 is 0. The highest BCUT2D eigenvalue weighted by Crippen LogP contribution is 2.16. The Morgan fingerprint density at radius 1 is 1.00 bits per heavy atom. The molecule has 0 radical (unpaired) electrons. The molecule has 0 aliphatic carbocycles. The minimum absolute atomic E-state index is 0.662. The second-order valence-corrected chi connectivity index (χ2v) is 6.83. The minimum atomic E-state index is 0.662. The standard InChI is InChI=1S/C20H25N3S/c1-16-8-10-19(11-9-16)22-20(24)21-14-17-6-2-3-7-18(17)15-23-12-4-5-13-23/h2-3,6-11H,4-5,12-15H2,1H3,(H2,21,22,24). The van der Waals surface area contributed by atoms with Crippen molar-refractivity contribution in [2.45, 2.75) is 32.9 Å². The lowest BCUT2D eigenvalue weighted by molar-refractivity contribution is 0.330. The number of anilines is 1. The molecule has 2 aromatic rings. The van der Waals surface area contributed by atoms with E-state index in [1.807, 2.05) is 12.1 Å². The van der Waals surface area contributed by atoms with Gasteiger partial charge in [-0.2, -0.15) is 0 Å². The topological polar surface area (TPSA) is 27.3 Å². The Hall–Kier alpha value is -1.91. The van der Waals surface area contributed by atoms with Gasteiger partial charge >= 0.3 is 0 Å². The number of rotatable bonds is 5. The predicted octanol–water partition coefficient (Wildman–Crippen LogP) is 4.08. The summed E-state index contributed by atoms with van der Waals surface area (Å²) >= 11 is 5.42. The molecule has 24 heavy (non-hydrogen) atoms. The van der Waals surface area contributed by atoms with E-state index in [9.17, 15) is 0 Å². The molecule has 126 valence electrons. The van der Waals surface area contributed by atoms with Gasteiger partial charge in [-0.05, 0) is 68.3 Å². The largest absolute Gasteiger partial charge is 0.358 e. The number of nitrogens with zero attached hydrogens (tertiary/aromatic N) is 1. The molecule has 1 aliphatic heterocycles. The molecule has 0 saturated carbocycles. The Balaban J connectivity index is 1.55. The van der Waals surface area contributed by atoms with E-state index in [1.165, 1.54) is 42.6 Å². The van der Waals surface area contributed by atoms with Gasteiger partial charge in [0.15, 0.2) is 5.11 Å². The van der Waals surface area contributed by atoms with E-state index in [4.69, 9.17) is 12.2 Å². The second-order valence-electron chi connectivity index (χ2n) is 6.43. The first kappa shape index (κ1) is 16.9. The predicted molar refractivity (Wildman–Crippen MR) is 105 cm³/mol. The molecule has 0 spiro atoms. The van der Waals surface area contributed by atoms with Gasteiger partial charge in [0.1, 0.15) is 0 Å². The molecule has 2 aromatic carbocycles. The third kappa shape index (κ3) is 4.79. The number of benzene rings is 2. The molecule has 2 N–H and O–H groups in total. The average molecular weight is 340 g/mol. The highest BCUT2D eigenvalue weighted by molar-refractivity contribution is 7.80. The second kappa shape index (κ2) is 8.27. The lowest BCUT2D eigenvalue weighted by atomic mass is 10.1. The van der Waals surface area contributed by atoms with Crippen molar-refractivity contribution in [3.05, 3.63) is 65.2 Å². The van der Waals surface area contributed by atoms with Gasteiger partial charge < -0.3 is 10.6 Å². The van der Waals surface area contributed by atoms with Crippen molar-refractivity contribution in [2.24, 2.45) is 0 Å². The van der Waals surface area contributed by atoms with Crippen LogP contribution in [0.5, 0.6) is 0 Å². The highest BCUT2D eigenvalue weighted by Gasteiger charge is 2.13. The van der Waals surface area contributed by atoms with E-state index in [-0.39, 0.29) is 0 Å². The summed E-state index contributed by atoms with van der Waals surface area (Å²) in [5, 5.41) is 7.23. The van der Waals surface area contributed by atoms with Gasteiger partial charge in [-0.3, -0.25) is 4.90 Å². The van der Waals surface area contributed by atoms with Gasteiger partial charge in [0, 0.05) is 18.8 Å². The monoisotopic (exact) mass is 339 g/mol. The number of likely N-dealkylation sites (tertiary alicyclic amines) is 1. The number of hydrogen-bond acceptors (Lipinski definition) is 2. The summed E-state index contributed by atoms with van der Waals surface area (Å²) in [6.07, 6.45) is 2.65. The van der Waals surface area contributed by atoms with E-state index in [0.29, 0.717) is 5.11 Å². The first-order valence-electron chi connectivity index (χ1n) is 8.61. The first-order chi connectivity index (χ1) is 11.7. The Morgan fingerprint density at radius 2 is 1.67 bits per heavy atom. The molecule has 1 aliphatic rings. The summed E-state index contributed by atoms with van der Waals surface area (Å²) in [6, 6.07) is 16.9. The third-order valence-electron chi connectivity index (χ3n) is 4.46. The SMILES string of the molecule is Cc1ccc(NC(=S)NCc2ccccc2CN2CCCC2)cc1. The van der Waals surface area contributed by atoms with Crippen molar-refractivity contribution in [2.75, 3.05) is 18.4 Å². The zero-order valence-corrected chi connectivity index (χ0v) is 15.0. The van der Waals surface area contributed by atoms with Crippen LogP contribution in [-0.4, -0.2) is 23.1 Å². The molecule has 1 heterocycles. The van der Waals surface area contributed by atoms with Gasteiger partial charge in [0.2, 0.25) is 0 Å². The summed E-state index contributed by atoms with van der Waals surface area (Å²) in [5.41, 5.74) is 4.97. The van der Waals surface area contributed by atoms with E-state index < -0.39 is 0 Å². The van der Waals surface area contributed by atoms with Crippen LogP contribution in [-0.2, 0) is 13.1 Å². The molecule has 0 amide bonds. The van der Waals surface area contributed by atoms with E-state index >= 15 is 0 Å². The quantitative estimate of drug-likeness (QED) is 0.803. The van der Waals surface area contributed by atoms with Crippen LogP contribution in [0.25, 0.3) is 0 Å². The maximum atomic E-state index is 5.42. The van der Waals surface area contributed by atoms with Gasteiger partial charge in [-0.25, -0.2) is 0 Å². The Labute approximate surface area is 150 Å². The van der Waals surface area contributed by atoms with Crippen LogP contribution in [0.15, 0.2) is 48.5 Å². The summed E-state index contributed by atoms with van der Waals surface area (Å²) in [7, 11) is 0. The number of nitrogens with one attached hydrogen (secondary N) is 2. The molecule has 1 fully saturated rings. The van der Waals surface area contributed by atoms with Crippen molar-refractivity contribution in [3.63, 3.8) is 0 Å². The Morgan fingerprint density at radius 3 is 2.38 bits per heavy atom. The highest BCUT2D eigenvalue weighted by atomic mass is 32.1. The van der Waals surface area contributed by atoms with Crippen LogP contribution >= 0.6 is 12.2 Å². The summed E-state index contributed by atoms with van der Waals surface area (Å²) in [4.78, 5) is 2.53. The van der Waals surface area contributed by atoms with E-state index in [1.54, 1.807) is 0 Å². The zero-order valence-electron chi connectivity index (χ0n) is 14.2. The molecule has 3 rings (SSSR count). The van der Waals surface area contributed by atoms with Gasteiger partial charge in [0.05, 0.1) is 0 Å². The van der Waals surface area contributed by atoms with Gasteiger partial charge in [-0.15, -0.1) is 0 Å². The fourth-order valence-electron chi connectivity index (χ4n) is 3.05. The summed E-state index contributed by atoms with van der Waals surface area (Å²) in [6.45, 7) is 6.31. The number of aryl methyl sites for hydroxylation is 1. The van der Waals surface area contributed by atoms with Crippen LogP contribution in [0.2, 0.25) is 0 Å². The normalized spacial score (nSPS) is 14.5. The lowest BCUT2D eigenvalue weighted by Gasteiger charge is -2.18. The van der Waals surface area contributed by atoms with E-state index in [0.717, 1.165) is 18.8 Å². The minimum Gasteiger partial charge on any atom is -0.358 e. The van der Waals surface area contributed by atoms with Crippen LogP contribution in [0.4, 0.5) is 5.69 Å². The molecular weight excluding hydrogens is 314 g/mol. The molecule has 1 saturated heterocycles. The Bertz CT molecular complexity index is 676. The van der Waals surface area contributed by atoms with Crippen molar-refractivity contribution in [3.8, 4) is 0 Å². The number of hydrogen-bond donors (Lipinski definition) is 2. The molecule has 0 bridgehead atoms. The maximum absolute atomic E-state index is 5.42. The molecular formula is C20H25N3S. The first-order valence-corrected chi connectivity index (χ1v) is 9.02. The van der Waals surface area contributed by atoms with Crippen LogP contribution < -0.4 is 10.6 Å². The van der Waals surface area contributed by atoms with E-state index in [2.05, 4.69) is 58.9 Å². The van der Waals surface area contributed by atoms with Crippen molar-refractivity contribution < 1.29 is 0 Å². The van der Waals surface area contributed by atoms with Crippen molar-refractivity contribution >= 4 is 23.0 Å². The fourth-order valence-corrected chi connectivity index (χ4v) is 3.24. The molecule has 0 atom stereocenters. The van der Waals surface area contributed by atoms with Gasteiger partial charge in [-0.1, -0.05) is 42.0 Å².